The fourth-order valence-electron chi connectivity index (χ4n) is 9.14. The van der Waals surface area contributed by atoms with Gasteiger partial charge in [-0.1, -0.05) is 156 Å². The summed E-state index contributed by atoms with van der Waals surface area (Å²) in [6, 6.07) is 66.0. The first-order valence-electron chi connectivity index (χ1n) is 24.3. The van der Waals surface area contributed by atoms with E-state index in [1.165, 1.54) is 22.9 Å². The molecule has 0 saturated carbocycles. The van der Waals surface area contributed by atoms with Gasteiger partial charge in [0.25, 0.3) is 0 Å². The third kappa shape index (κ3) is 10.00. The molecule has 0 aliphatic carbocycles. The van der Waals surface area contributed by atoms with Crippen molar-refractivity contribution < 1.29 is 25.9 Å². The molecule has 0 aliphatic rings. The standard InChI is InChI=1S/C46H33FN3S.C17H22NSi.Ir/c1-46(2,3)32-27-37(29-13-6-4-7-14-29)42(38(28-32)30-15-8-5-9-16-30)50-41-20-11-10-19-40(41)48-44(50)36-18-12-17-34-35-25-26-39(49-45(35)51-43(34)36)31-21-23-33(47)24-22-31;1-13(2)15-11-16(14-9-7-6-8-10-14)18-12-17(15)19(3,4)5;/h4-17,19-28H,1-3H3;6-9,11-13H,1-5H3;/q2*-1;/i;13D;. The average molecular weight is 1140 g/mol. The zero-order valence-electron chi connectivity index (χ0n) is 42.2. The van der Waals surface area contributed by atoms with Crippen LogP contribution in [0.15, 0.2) is 182 Å². The topological polar surface area (TPSA) is 43.6 Å². The maximum atomic E-state index is 13.7. The van der Waals surface area contributed by atoms with Crippen LogP contribution in [0.3, 0.4) is 0 Å². The number of fused-ring (bicyclic) bond motifs is 4. The van der Waals surface area contributed by atoms with Crippen molar-refractivity contribution in [1.82, 2.24) is 19.5 Å². The normalized spacial score (nSPS) is 12.1. The number of para-hydroxylation sites is 2. The Morgan fingerprint density at radius 1 is 0.662 bits per heavy atom. The molecule has 11 rings (SSSR count). The Hall–Kier alpha value is -6.67. The minimum Gasteiger partial charge on any atom is -0.332 e. The minimum atomic E-state index is -1.50. The van der Waals surface area contributed by atoms with Crippen molar-refractivity contribution in [3.8, 4) is 61.8 Å². The molecule has 0 fully saturated rings. The molecule has 1 radical (unpaired) electrons. The van der Waals surface area contributed by atoms with Gasteiger partial charge in [0, 0.05) is 44.4 Å². The number of halogens is 1. The second-order valence-corrected chi connectivity index (χ2v) is 26.1. The SMILES string of the molecule is CC(C)(C)c1cc(-c2ccccc2)c(-n2c(-c3[c-]ccc4c3sc3nc(-c5ccc(F)cc5)ccc34)nc3ccccc32)c(-c2ccccc2)c1.[2H]C(C)(C)c1cc(-c2[c-]cccc2)ncc1[Si](C)(C)C.[Ir]. The zero-order chi connectivity index (χ0) is 49.7. The van der Waals surface area contributed by atoms with E-state index in [4.69, 9.17) is 11.3 Å². The fourth-order valence-corrected chi connectivity index (χ4v) is 11.9. The van der Waals surface area contributed by atoms with Crippen molar-refractivity contribution in [2.75, 3.05) is 0 Å². The van der Waals surface area contributed by atoms with Crippen molar-refractivity contribution in [1.29, 1.82) is 0 Å². The number of imidazole rings is 1. The fraction of sp³-hybridized carbons (Fsp3) is 0.159. The molecule has 0 N–H and O–H groups in total. The van der Waals surface area contributed by atoms with E-state index in [1.54, 1.807) is 23.5 Å². The predicted molar refractivity (Wildman–Crippen MR) is 297 cm³/mol. The molecule has 4 heterocycles. The second-order valence-electron chi connectivity index (χ2n) is 20.1. The second kappa shape index (κ2) is 20.2. The Morgan fingerprint density at radius 2 is 1.31 bits per heavy atom. The minimum absolute atomic E-state index is 0. The molecule has 0 atom stereocenters. The van der Waals surface area contributed by atoms with Crippen LogP contribution in [-0.4, -0.2) is 27.6 Å². The number of rotatable bonds is 8. The maximum Gasteiger partial charge on any atom is 0.123 e. The van der Waals surface area contributed by atoms with Crippen LogP contribution < -0.4 is 5.19 Å². The van der Waals surface area contributed by atoms with Gasteiger partial charge in [-0.3, -0.25) is 4.98 Å². The number of nitrogens with zero attached hydrogens (tertiary/aromatic N) is 4. The molecule has 355 valence electrons. The number of benzene rings is 7. The van der Waals surface area contributed by atoms with E-state index in [0.717, 1.165) is 98.7 Å². The number of pyridine rings is 2. The average Bonchev–Trinajstić information content (AvgIpc) is 3.95. The van der Waals surface area contributed by atoms with Gasteiger partial charge in [-0.25, -0.2) is 9.37 Å². The number of aromatic nitrogens is 4. The molecule has 0 spiro atoms. The summed E-state index contributed by atoms with van der Waals surface area (Å²) in [5, 5.41) is 3.45. The van der Waals surface area contributed by atoms with Gasteiger partial charge in [0.15, 0.2) is 0 Å². The molecule has 0 amide bonds. The molecule has 0 saturated heterocycles. The molecule has 4 aromatic heterocycles. The summed E-state index contributed by atoms with van der Waals surface area (Å²) in [4.78, 5) is 16.0. The van der Waals surface area contributed by atoms with E-state index in [-0.39, 0.29) is 31.3 Å². The molecular formula is C63H55FIrN4SSi-2. The van der Waals surface area contributed by atoms with Crippen LogP contribution in [0.2, 0.25) is 19.6 Å². The van der Waals surface area contributed by atoms with E-state index < -0.39 is 14.0 Å². The van der Waals surface area contributed by atoms with Crippen LogP contribution in [0.5, 0.6) is 0 Å². The van der Waals surface area contributed by atoms with E-state index in [9.17, 15) is 4.39 Å². The number of thiophene rings is 1. The summed E-state index contributed by atoms with van der Waals surface area (Å²) in [6.45, 7) is 17.6. The molecule has 0 aliphatic heterocycles. The Labute approximate surface area is 437 Å². The maximum absolute atomic E-state index is 13.7. The first-order chi connectivity index (χ1) is 34.0. The van der Waals surface area contributed by atoms with E-state index in [0.29, 0.717) is 0 Å². The van der Waals surface area contributed by atoms with Crippen LogP contribution in [0, 0.1) is 17.9 Å². The third-order valence-electron chi connectivity index (χ3n) is 12.8. The Balaban J connectivity index is 0.000000257. The third-order valence-corrected chi connectivity index (χ3v) is 16.0. The van der Waals surface area contributed by atoms with Crippen molar-refractivity contribution in [2.24, 2.45) is 0 Å². The summed E-state index contributed by atoms with van der Waals surface area (Å²) in [5.41, 5.74) is 14.3. The molecular weight excluding hydrogens is 1080 g/mol. The molecule has 0 unspecified atom stereocenters. The van der Waals surface area contributed by atoms with Gasteiger partial charge < -0.3 is 9.55 Å². The van der Waals surface area contributed by atoms with Crippen LogP contribution in [0.1, 0.15) is 53.0 Å². The van der Waals surface area contributed by atoms with Gasteiger partial charge >= 0.3 is 0 Å². The Morgan fingerprint density at radius 3 is 1.93 bits per heavy atom. The zero-order valence-corrected chi connectivity index (χ0v) is 45.4. The van der Waals surface area contributed by atoms with Gasteiger partial charge in [0.05, 0.1) is 36.3 Å². The molecule has 0 bridgehead atoms. The predicted octanol–water partition coefficient (Wildman–Crippen LogP) is 16.9. The number of hydrogen-bond donors (Lipinski definition) is 0. The van der Waals surface area contributed by atoms with Crippen molar-refractivity contribution in [2.45, 2.75) is 65.6 Å². The molecule has 11 aromatic rings. The Bertz CT molecular complexity index is 3650. The van der Waals surface area contributed by atoms with E-state index in [2.05, 4.69) is 171 Å². The van der Waals surface area contributed by atoms with Crippen LogP contribution in [-0.2, 0) is 25.5 Å². The smallest absolute Gasteiger partial charge is 0.123 e. The van der Waals surface area contributed by atoms with Crippen molar-refractivity contribution in [3.63, 3.8) is 0 Å². The van der Waals surface area contributed by atoms with Crippen LogP contribution >= 0.6 is 11.3 Å². The monoisotopic (exact) mass is 1140 g/mol. The summed E-state index contributed by atoms with van der Waals surface area (Å²) in [7, 11) is -1.50. The molecule has 8 heteroatoms. The molecule has 7 aromatic carbocycles. The summed E-state index contributed by atoms with van der Waals surface area (Å²) >= 11 is 1.65. The first-order valence-corrected chi connectivity index (χ1v) is 28.1. The van der Waals surface area contributed by atoms with Crippen molar-refractivity contribution >= 4 is 55.9 Å². The van der Waals surface area contributed by atoms with Crippen LogP contribution in [0.4, 0.5) is 4.39 Å². The summed E-state index contributed by atoms with van der Waals surface area (Å²) in [6.07, 6.45) is 1.98. The quantitative estimate of drug-likeness (QED) is 0.112. The number of hydrogen-bond acceptors (Lipinski definition) is 4. The van der Waals surface area contributed by atoms with Crippen molar-refractivity contribution in [3.05, 3.63) is 211 Å². The van der Waals surface area contributed by atoms with E-state index >= 15 is 0 Å². The van der Waals surface area contributed by atoms with E-state index in [1.807, 2.05) is 62.5 Å². The first kappa shape index (κ1) is 48.0. The van der Waals surface area contributed by atoms with Gasteiger partial charge in [-0.05, 0) is 104 Å². The van der Waals surface area contributed by atoms with Gasteiger partial charge in [-0.2, -0.15) is 11.3 Å². The molecule has 71 heavy (non-hydrogen) atoms. The van der Waals surface area contributed by atoms with Gasteiger partial charge in [0.2, 0.25) is 0 Å². The summed E-state index contributed by atoms with van der Waals surface area (Å²) < 4.78 is 25.6. The van der Waals surface area contributed by atoms with Gasteiger partial charge in [-0.15, -0.1) is 54.1 Å². The van der Waals surface area contributed by atoms with Crippen LogP contribution in [0.25, 0.3) is 93.2 Å². The van der Waals surface area contributed by atoms with Gasteiger partial charge in [0.1, 0.15) is 10.6 Å². The molecule has 4 nitrogen and oxygen atoms in total. The largest absolute Gasteiger partial charge is 0.332 e. The Kier molecular flexibility index (Phi) is 13.7. The summed E-state index contributed by atoms with van der Waals surface area (Å²) in [5.74, 6) is -0.0455.